The Bertz CT molecular complexity index is 202. The topological polar surface area (TPSA) is 0 Å². The summed E-state index contributed by atoms with van der Waals surface area (Å²) in [6, 6.07) is 0. The van der Waals surface area contributed by atoms with Crippen LogP contribution in [0.15, 0.2) is 4.09 Å². The number of unbranched alkanes of at least 4 members (excludes halogenated alkanes) is 3. The van der Waals surface area contributed by atoms with Crippen LogP contribution in [0.25, 0.3) is 0 Å². The number of hydrogen-bond donors (Lipinski definition) is 0. The van der Waals surface area contributed by atoms with Crippen LogP contribution in [0, 0.1) is 18.9 Å². The first kappa shape index (κ1) is 29.3. The van der Waals surface area contributed by atoms with Crippen LogP contribution in [0.4, 0.5) is 0 Å². The molecular weight excluding hydrogens is 393 g/mol. The smallest absolute Gasteiger partial charge is 0 e. The molecule has 0 spiro atoms. The predicted molar refractivity (Wildman–Crippen MR) is 92.3 cm³/mol. The van der Waals surface area contributed by atoms with Gasteiger partial charge in [0, 0.05) is 18.9 Å². The van der Waals surface area contributed by atoms with Gasteiger partial charge in [-0.2, -0.15) is 0 Å². The van der Waals surface area contributed by atoms with Crippen molar-refractivity contribution < 1.29 is 17.1 Å². The molecule has 2 radical (unpaired) electrons. The summed E-state index contributed by atoms with van der Waals surface area (Å²) < 4.78 is 6.72. The normalized spacial score (nSPS) is 9.15. The number of rotatable bonds is 10. The van der Waals surface area contributed by atoms with Crippen LogP contribution in [0.2, 0.25) is 13.3 Å². The molecule has 0 rings (SSSR count). The molecule has 0 bridgehead atoms. The maximum absolute atomic E-state index is 6.00. The van der Waals surface area contributed by atoms with Crippen molar-refractivity contribution in [1.29, 1.82) is 0 Å². The van der Waals surface area contributed by atoms with Crippen molar-refractivity contribution in [3.05, 3.63) is 17.1 Å². The van der Waals surface area contributed by atoms with Gasteiger partial charge >= 0.3 is 119 Å². The third kappa shape index (κ3) is 17.3. The van der Waals surface area contributed by atoms with Gasteiger partial charge in [0.05, 0.1) is 0 Å². The van der Waals surface area contributed by atoms with E-state index in [1.165, 1.54) is 51.8 Å². The molecule has 0 aromatic heterocycles. The van der Waals surface area contributed by atoms with E-state index in [-0.39, 0.29) is 35.9 Å². The Morgan fingerprint density at radius 1 is 0.950 bits per heavy atom. The zero-order valence-corrected chi connectivity index (χ0v) is 18.1. The van der Waals surface area contributed by atoms with Crippen LogP contribution in [-0.2, 0) is 17.1 Å². The first-order valence-electron chi connectivity index (χ1n) is 7.55. The molecule has 0 aliphatic heterocycles. The van der Waals surface area contributed by atoms with Gasteiger partial charge in [0.25, 0.3) is 0 Å². The molecule has 0 aliphatic carbocycles. The molecule has 0 saturated carbocycles. The van der Waals surface area contributed by atoms with Crippen LogP contribution in [-0.4, -0.2) is 37.2 Å². The van der Waals surface area contributed by atoms with E-state index in [9.17, 15) is 0 Å². The molecule has 0 amide bonds. The second-order valence-corrected chi connectivity index (χ2v) is 18.1. The summed E-state index contributed by atoms with van der Waals surface area (Å²) in [5.41, 5.74) is 0. The molecule has 0 fully saturated rings. The molecular formula is C17H32CuLiSn. The Labute approximate surface area is 155 Å². The fourth-order valence-electron chi connectivity index (χ4n) is 2.21. The predicted octanol–water partition coefficient (Wildman–Crippen LogP) is 5.58. The second kappa shape index (κ2) is 22.5. The van der Waals surface area contributed by atoms with Gasteiger partial charge in [-0.15, -0.1) is 0 Å². The summed E-state index contributed by atoms with van der Waals surface area (Å²) in [7, 11) is 0. The Hall–Kier alpha value is 1.22. The summed E-state index contributed by atoms with van der Waals surface area (Å²) in [5, 5.41) is 0. The minimum Gasteiger partial charge on any atom is 0 e. The molecule has 0 saturated heterocycles. The van der Waals surface area contributed by atoms with E-state index < -0.39 is 18.4 Å². The van der Waals surface area contributed by atoms with Crippen LogP contribution in [0.1, 0.15) is 66.2 Å². The Balaban J connectivity index is -0.000000233. The molecule has 0 aromatic carbocycles. The maximum Gasteiger partial charge on any atom is 2.00 e. The van der Waals surface area contributed by atoms with Crippen molar-refractivity contribution in [2.45, 2.75) is 79.5 Å². The van der Waals surface area contributed by atoms with E-state index in [1.54, 1.807) is 6.92 Å². The summed E-state index contributed by atoms with van der Waals surface area (Å²) >= 11 is -1.96. The van der Waals surface area contributed by atoms with Gasteiger partial charge in [-0.25, -0.2) is 0 Å². The molecule has 3 heteroatoms. The van der Waals surface area contributed by atoms with Gasteiger partial charge < -0.3 is 12.3 Å². The first-order chi connectivity index (χ1) is 8.66. The molecule has 0 aliphatic rings. The fraction of sp³-hybridized carbons (Fsp3) is 0.765. The maximum atomic E-state index is 6.00. The first-order valence-corrected chi connectivity index (χ1v) is 15.3. The van der Waals surface area contributed by atoms with Crippen LogP contribution in [0.5, 0.6) is 0 Å². The molecule has 0 nitrogen and oxygen atoms in total. The molecule has 0 N–H and O–H groups in total. The fourth-order valence-corrected chi connectivity index (χ4v) is 14.8. The summed E-state index contributed by atoms with van der Waals surface area (Å²) in [6.07, 6.45) is 14.2. The van der Waals surface area contributed by atoms with Crippen molar-refractivity contribution in [1.82, 2.24) is 0 Å². The van der Waals surface area contributed by atoms with Crippen LogP contribution < -0.4 is 0 Å². The summed E-state index contributed by atoms with van der Waals surface area (Å²) in [6.45, 7) is 14.4. The second-order valence-electron chi connectivity index (χ2n) is 5.09. The van der Waals surface area contributed by atoms with Crippen molar-refractivity contribution in [2.75, 3.05) is 0 Å². The van der Waals surface area contributed by atoms with E-state index in [1.807, 2.05) is 5.92 Å². The third-order valence-corrected chi connectivity index (χ3v) is 17.0. The van der Waals surface area contributed by atoms with E-state index in [0.29, 0.717) is 0 Å². The molecule has 0 unspecified atom stereocenters. The van der Waals surface area contributed by atoms with Crippen LogP contribution >= 0.6 is 0 Å². The zero-order chi connectivity index (χ0) is 14.3. The molecule has 0 aromatic rings. The monoisotopic (exact) mass is 426 g/mol. The van der Waals surface area contributed by atoms with Gasteiger partial charge in [0.2, 0.25) is 0 Å². The number of hydrogen-bond acceptors (Lipinski definition) is 0. The van der Waals surface area contributed by atoms with Gasteiger partial charge in [-0.05, 0) is 6.92 Å². The summed E-state index contributed by atoms with van der Waals surface area (Å²) in [5.74, 6) is 2.00. The SMILES string of the molecule is [C-]#CC.[CH-]=[CH][Sn]([CH2]CCC)([CH2]CCC)[CH2]CCC.[Cu+2].[Li]. The van der Waals surface area contributed by atoms with E-state index >= 15 is 0 Å². The van der Waals surface area contributed by atoms with Crippen molar-refractivity contribution in [3.8, 4) is 5.92 Å². The standard InChI is InChI=1S/3C4H9.C3H3.C2H2.Cu.Li.Sn/c3*1-3-4-2;1-3-2;1-2;;;/h3*1,3-4H2,2H3;1H3;1-2H;;;/q;;;2*-1;+2;;. The zero-order valence-electron chi connectivity index (χ0n) is 14.3. The average Bonchev–Trinajstić information content (AvgIpc) is 2.39. The minimum absolute atomic E-state index is 0. The van der Waals surface area contributed by atoms with Gasteiger partial charge in [0.15, 0.2) is 0 Å². The largest absolute Gasteiger partial charge is 2.00 e. The van der Waals surface area contributed by atoms with Crippen molar-refractivity contribution in [2.24, 2.45) is 0 Å². The van der Waals surface area contributed by atoms with Gasteiger partial charge in [-0.1, -0.05) is 0 Å². The summed E-state index contributed by atoms with van der Waals surface area (Å²) in [4.78, 5) is 0. The van der Waals surface area contributed by atoms with E-state index in [0.717, 1.165) is 0 Å². The molecule has 116 valence electrons. The third-order valence-electron chi connectivity index (χ3n) is 3.44. The van der Waals surface area contributed by atoms with Gasteiger partial charge in [0.1, 0.15) is 0 Å². The molecule has 0 atom stereocenters. The Morgan fingerprint density at radius 2 is 1.20 bits per heavy atom. The minimum atomic E-state index is -1.96. The van der Waals surface area contributed by atoms with Crippen molar-refractivity contribution in [3.63, 3.8) is 0 Å². The van der Waals surface area contributed by atoms with Crippen LogP contribution in [0.3, 0.4) is 0 Å². The van der Waals surface area contributed by atoms with Crippen molar-refractivity contribution >= 4 is 37.2 Å². The van der Waals surface area contributed by atoms with E-state index in [4.69, 9.17) is 13.0 Å². The molecule has 0 heterocycles. The Morgan fingerprint density at radius 3 is 1.35 bits per heavy atom. The van der Waals surface area contributed by atoms with Gasteiger partial charge in [-0.3, -0.25) is 0 Å². The average molecular weight is 426 g/mol. The quantitative estimate of drug-likeness (QED) is 0.244. The molecule has 20 heavy (non-hydrogen) atoms. The van der Waals surface area contributed by atoms with E-state index in [2.05, 4.69) is 24.9 Å². The Kier molecular flexibility index (Phi) is 32.9.